The zero-order chi connectivity index (χ0) is 21.8. The van der Waals surface area contributed by atoms with Crippen LogP contribution in [0.3, 0.4) is 0 Å². The Kier molecular flexibility index (Phi) is 6.31. The summed E-state index contributed by atoms with van der Waals surface area (Å²) in [6.45, 7) is 1.71. The monoisotopic (exact) mass is 429 g/mol. The van der Waals surface area contributed by atoms with Crippen molar-refractivity contribution in [1.29, 1.82) is 0 Å². The lowest BCUT2D eigenvalue weighted by Crippen LogP contribution is -2.55. The summed E-state index contributed by atoms with van der Waals surface area (Å²) < 4.78 is 24.3. The summed E-state index contributed by atoms with van der Waals surface area (Å²) in [5.74, 6) is -0.0217. The van der Waals surface area contributed by atoms with Crippen molar-refractivity contribution >= 4 is 11.8 Å². The van der Waals surface area contributed by atoms with Crippen LogP contribution in [0.2, 0.25) is 0 Å². The SMILES string of the molecule is O=C(c1ccc(O)cn1)N1CCC(N2CC(COc3ccc(F)cc3)OCC2=O)CC1. The molecular formula is C22H24FN3O5. The van der Waals surface area contributed by atoms with Gasteiger partial charge in [0, 0.05) is 19.1 Å². The number of piperidine rings is 1. The molecule has 0 radical (unpaired) electrons. The average molecular weight is 429 g/mol. The van der Waals surface area contributed by atoms with Crippen LogP contribution in [0.5, 0.6) is 11.5 Å². The lowest BCUT2D eigenvalue weighted by Gasteiger charge is -2.42. The summed E-state index contributed by atoms with van der Waals surface area (Å²) >= 11 is 0. The number of likely N-dealkylation sites (tertiary alicyclic amines) is 1. The van der Waals surface area contributed by atoms with Gasteiger partial charge in [-0.2, -0.15) is 0 Å². The minimum Gasteiger partial charge on any atom is -0.506 e. The van der Waals surface area contributed by atoms with Gasteiger partial charge in [-0.1, -0.05) is 0 Å². The molecule has 3 heterocycles. The van der Waals surface area contributed by atoms with Gasteiger partial charge in [0.25, 0.3) is 5.91 Å². The third-order valence-electron chi connectivity index (χ3n) is 5.57. The van der Waals surface area contributed by atoms with E-state index >= 15 is 0 Å². The molecule has 2 fully saturated rings. The lowest BCUT2D eigenvalue weighted by atomic mass is 10.0. The number of rotatable bonds is 5. The van der Waals surface area contributed by atoms with Crippen molar-refractivity contribution < 1.29 is 28.6 Å². The quantitative estimate of drug-likeness (QED) is 0.780. The highest BCUT2D eigenvalue weighted by atomic mass is 19.1. The molecule has 164 valence electrons. The molecule has 9 heteroatoms. The van der Waals surface area contributed by atoms with Crippen molar-refractivity contribution in [3.63, 3.8) is 0 Å². The van der Waals surface area contributed by atoms with E-state index in [0.717, 1.165) is 0 Å². The number of hydrogen-bond donors (Lipinski definition) is 1. The van der Waals surface area contributed by atoms with Gasteiger partial charge >= 0.3 is 0 Å². The summed E-state index contributed by atoms with van der Waals surface area (Å²) in [6, 6.07) is 8.73. The molecule has 0 bridgehead atoms. The van der Waals surface area contributed by atoms with Gasteiger partial charge < -0.3 is 24.4 Å². The first-order valence-electron chi connectivity index (χ1n) is 10.2. The molecule has 2 aliphatic rings. The summed E-state index contributed by atoms with van der Waals surface area (Å²) in [6.07, 6.45) is 2.31. The molecule has 2 amide bonds. The van der Waals surface area contributed by atoms with Crippen molar-refractivity contribution in [3.8, 4) is 11.5 Å². The van der Waals surface area contributed by atoms with Gasteiger partial charge in [-0.3, -0.25) is 9.59 Å². The molecule has 1 atom stereocenters. The van der Waals surface area contributed by atoms with E-state index in [1.165, 1.54) is 30.5 Å². The second-order valence-electron chi connectivity index (χ2n) is 7.67. The van der Waals surface area contributed by atoms with Crippen LogP contribution in [0, 0.1) is 5.82 Å². The normalized spacial score (nSPS) is 20.0. The fourth-order valence-corrected chi connectivity index (χ4v) is 3.87. The Morgan fingerprint density at radius 3 is 2.61 bits per heavy atom. The molecule has 1 unspecified atom stereocenters. The number of amides is 2. The fourth-order valence-electron chi connectivity index (χ4n) is 3.87. The van der Waals surface area contributed by atoms with E-state index in [0.29, 0.717) is 38.2 Å². The Morgan fingerprint density at radius 2 is 1.94 bits per heavy atom. The number of pyridine rings is 1. The van der Waals surface area contributed by atoms with Gasteiger partial charge in [-0.05, 0) is 49.2 Å². The highest BCUT2D eigenvalue weighted by Gasteiger charge is 2.35. The molecule has 1 aromatic carbocycles. The summed E-state index contributed by atoms with van der Waals surface area (Å²) in [4.78, 5) is 32.5. The Bertz CT molecular complexity index is 914. The number of benzene rings is 1. The average Bonchev–Trinajstić information content (AvgIpc) is 2.80. The van der Waals surface area contributed by atoms with Gasteiger partial charge in [-0.25, -0.2) is 9.37 Å². The van der Waals surface area contributed by atoms with E-state index in [9.17, 15) is 19.1 Å². The fraction of sp³-hybridized carbons (Fsp3) is 0.409. The molecule has 1 aromatic heterocycles. The molecule has 0 spiro atoms. The van der Waals surface area contributed by atoms with Gasteiger partial charge in [-0.15, -0.1) is 0 Å². The highest BCUT2D eigenvalue weighted by Crippen LogP contribution is 2.22. The van der Waals surface area contributed by atoms with Crippen LogP contribution in [0.25, 0.3) is 0 Å². The number of halogens is 1. The summed E-state index contributed by atoms with van der Waals surface area (Å²) in [7, 11) is 0. The highest BCUT2D eigenvalue weighted by molar-refractivity contribution is 5.92. The van der Waals surface area contributed by atoms with Crippen molar-refractivity contribution in [2.45, 2.75) is 25.0 Å². The third-order valence-corrected chi connectivity index (χ3v) is 5.57. The van der Waals surface area contributed by atoms with Gasteiger partial charge in [0.15, 0.2) is 0 Å². The van der Waals surface area contributed by atoms with Crippen LogP contribution in [-0.4, -0.2) is 76.7 Å². The van der Waals surface area contributed by atoms with E-state index in [1.54, 1.807) is 17.0 Å². The summed E-state index contributed by atoms with van der Waals surface area (Å²) in [5.41, 5.74) is 0.289. The predicted molar refractivity (Wildman–Crippen MR) is 108 cm³/mol. The molecule has 31 heavy (non-hydrogen) atoms. The molecule has 2 aliphatic heterocycles. The Balaban J connectivity index is 1.29. The molecular weight excluding hydrogens is 405 g/mol. The first-order valence-corrected chi connectivity index (χ1v) is 10.2. The van der Waals surface area contributed by atoms with E-state index < -0.39 is 0 Å². The van der Waals surface area contributed by atoms with Crippen LogP contribution in [0.4, 0.5) is 4.39 Å². The van der Waals surface area contributed by atoms with Gasteiger partial charge in [0.1, 0.15) is 42.3 Å². The molecule has 8 nitrogen and oxygen atoms in total. The molecule has 0 aliphatic carbocycles. The van der Waals surface area contributed by atoms with Crippen LogP contribution >= 0.6 is 0 Å². The number of morpholine rings is 1. The molecule has 2 aromatic rings. The van der Waals surface area contributed by atoms with E-state index in [1.807, 2.05) is 4.90 Å². The number of carbonyl (C=O) groups excluding carboxylic acids is 2. The van der Waals surface area contributed by atoms with E-state index in [4.69, 9.17) is 9.47 Å². The van der Waals surface area contributed by atoms with Crippen molar-refractivity contribution in [2.75, 3.05) is 32.8 Å². The number of nitrogens with zero attached hydrogens (tertiary/aromatic N) is 3. The van der Waals surface area contributed by atoms with Crippen molar-refractivity contribution in [1.82, 2.24) is 14.8 Å². The van der Waals surface area contributed by atoms with E-state index in [-0.39, 0.29) is 54.4 Å². The standard InChI is InChI=1S/C22H24FN3O5/c23-15-1-4-18(5-2-15)30-13-19-12-26(21(28)14-31-19)16-7-9-25(10-8-16)22(29)20-6-3-17(27)11-24-20/h1-6,11,16,19,27H,7-10,12-14H2. The number of aromatic nitrogens is 1. The van der Waals surface area contributed by atoms with Crippen molar-refractivity contribution in [3.05, 3.63) is 54.1 Å². The smallest absolute Gasteiger partial charge is 0.272 e. The predicted octanol–water partition coefficient (Wildman–Crippen LogP) is 1.84. The second-order valence-corrected chi connectivity index (χ2v) is 7.67. The maximum Gasteiger partial charge on any atom is 0.272 e. The maximum absolute atomic E-state index is 13.0. The zero-order valence-electron chi connectivity index (χ0n) is 16.9. The molecule has 0 saturated carbocycles. The largest absolute Gasteiger partial charge is 0.506 e. The summed E-state index contributed by atoms with van der Waals surface area (Å²) in [5, 5.41) is 9.33. The van der Waals surface area contributed by atoms with Gasteiger partial charge in [0.05, 0.1) is 12.7 Å². The third kappa shape index (κ3) is 5.11. The van der Waals surface area contributed by atoms with Crippen LogP contribution in [0.1, 0.15) is 23.3 Å². The molecule has 2 saturated heterocycles. The van der Waals surface area contributed by atoms with Crippen LogP contribution in [-0.2, 0) is 9.53 Å². The van der Waals surface area contributed by atoms with Crippen molar-refractivity contribution in [2.24, 2.45) is 0 Å². The number of ether oxygens (including phenoxy) is 2. The zero-order valence-corrected chi connectivity index (χ0v) is 16.9. The Labute approximate surface area is 179 Å². The minimum absolute atomic E-state index is 0.00593. The Hall–Kier alpha value is -3.20. The first-order chi connectivity index (χ1) is 15.0. The van der Waals surface area contributed by atoms with Crippen LogP contribution < -0.4 is 4.74 Å². The second kappa shape index (κ2) is 9.30. The first kappa shape index (κ1) is 21.0. The number of carbonyl (C=O) groups is 2. The minimum atomic E-state index is -0.330. The lowest BCUT2D eigenvalue weighted by molar-refractivity contribution is -0.155. The van der Waals surface area contributed by atoms with Crippen LogP contribution in [0.15, 0.2) is 42.6 Å². The van der Waals surface area contributed by atoms with E-state index in [2.05, 4.69) is 4.98 Å². The maximum atomic E-state index is 13.0. The Morgan fingerprint density at radius 1 is 1.19 bits per heavy atom. The topological polar surface area (TPSA) is 92.2 Å². The van der Waals surface area contributed by atoms with Gasteiger partial charge in [0.2, 0.25) is 5.91 Å². The number of hydrogen-bond acceptors (Lipinski definition) is 6. The molecule has 1 N–H and O–H groups in total. The molecule has 4 rings (SSSR count). The number of aromatic hydroxyl groups is 1.